The molecule has 7 heteroatoms. The quantitative estimate of drug-likeness (QED) is 0.745. The van der Waals surface area contributed by atoms with Crippen molar-refractivity contribution in [3.63, 3.8) is 0 Å². The van der Waals surface area contributed by atoms with Crippen LogP contribution in [0.1, 0.15) is 39.2 Å². The molecule has 3 rings (SSSR count). The van der Waals surface area contributed by atoms with Crippen molar-refractivity contribution in [1.82, 2.24) is 10.2 Å². The zero-order valence-corrected chi connectivity index (χ0v) is 18.3. The van der Waals surface area contributed by atoms with E-state index >= 15 is 0 Å². The number of piperidine rings is 1. The molecule has 0 saturated carbocycles. The third kappa shape index (κ3) is 4.99. The van der Waals surface area contributed by atoms with Crippen LogP contribution in [0.5, 0.6) is 11.5 Å². The molecule has 2 aliphatic heterocycles. The average Bonchev–Trinajstić information content (AvgIpc) is 2.65. The molecular formula is C21H34N2O4S. The molecule has 1 aromatic rings. The molecule has 1 N–H and O–H groups in total. The van der Waals surface area contributed by atoms with Crippen LogP contribution in [0.2, 0.25) is 0 Å². The third-order valence-electron chi connectivity index (χ3n) is 5.76. The van der Waals surface area contributed by atoms with Gasteiger partial charge in [0.15, 0.2) is 21.3 Å². The van der Waals surface area contributed by atoms with Gasteiger partial charge >= 0.3 is 0 Å². The average molecular weight is 411 g/mol. The van der Waals surface area contributed by atoms with Crippen LogP contribution in [-0.2, 0) is 16.3 Å². The number of benzene rings is 1. The number of rotatable bonds is 7. The van der Waals surface area contributed by atoms with Crippen molar-refractivity contribution in [3.05, 3.63) is 23.8 Å². The molecule has 2 aliphatic rings. The van der Waals surface area contributed by atoms with Crippen LogP contribution in [0.4, 0.5) is 0 Å². The van der Waals surface area contributed by atoms with Gasteiger partial charge in [0, 0.05) is 18.3 Å². The standard InChI is InChI=1S/C21H34N2O4S/c1-15(2)23(21(28(4,24)25)18-7-9-22-10-8-18)16(3)13-17-5-6-19-20(14-17)27-12-11-26-19/h5-6,14-16,18,21-22H,7-13H2,1-4H3. The number of nitrogens with zero attached hydrogens (tertiary/aromatic N) is 1. The zero-order valence-electron chi connectivity index (χ0n) is 17.5. The predicted molar refractivity (Wildman–Crippen MR) is 112 cm³/mol. The van der Waals surface area contributed by atoms with Gasteiger partial charge in [-0.3, -0.25) is 4.90 Å². The van der Waals surface area contributed by atoms with Crippen molar-refractivity contribution in [2.24, 2.45) is 5.92 Å². The molecule has 158 valence electrons. The molecule has 1 fully saturated rings. The van der Waals surface area contributed by atoms with Crippen molar-refractivity contribution < 1.29 is 17.9 Å². The van der Waals surface area contributed by atoms with E-state index in [4.69, 9.17) is 9.47 Å². The Labute approximate surface area is 169 Å². The number of hydrogen-bond donors (Lipinski definition) is 1. The van der Waals surface area contributed by atoms with Gasteiger partial charge in [-0.15, -0.1) is 0 Å². The lowest BCUT2D eigenvalue weighted by atomic mass is 9.94. The number of fused-ring (bicyclic) bond motifs is 1. The number of nitrogens with one attached hydrogen (secondary N) is 1. The second kappa shape index (κ2) is 9.01. The maximum atomic E-state index is 12.8. The van der Waals surface area contributed by atoms with E-state index in [0.717, 1.165) is 49.4 Å². The van der Waals surface area contributed by atoms with E-state index in [0.29, 0.717) is 13.2 Å². The molecule has 0 aliphatic carbocycles. The van der Waals surface area contributed by atoms with Crippen LogP contribution < -0.4 is 14.8 Å². The second-order valence-electron chi connectivity index (χ2n) is 8.38. The smallest absolute Gasteiger partial charge is 0.163 e. The fourth-order valence-electron chi connectivity index (χ4n) is 4.66. The van der Waals surface area contributed by atoms with Gasteiger partial charge in [-0.05, 0) is 76.7 Å². The molecule has 28 heavy (non-hydrogen) atoms. The highest BCUT2D eigenvalue weighted by Gasteiger charge is 2.39. The summed E-state index contributed by atoms with van der Waals surface area (Å²) in [5, 5.41) is 2.91. The molecule has 2 heterocycles. The Morgan fingerprint density at radius 1 is 1.11 bits per heavy atom. The van der Waals surface area contributed by atoms with E-state index in [1.54, 1.807) is 0 Å². The summed E-state index contributed by atoms with van der Waals surface area (Å²) >= 11 is 0. The van der Waals surface area contributed by atoms with Crippen molar-refractivity contribution in [3.8, 4) is 11.5 Å². The summed E-state index contributed by atoms with van der Waals surface area (Å²) in [6, 6.07) is 6.28. The maximum absolute atomic E-state index is 12.8. The normalized spacial score (nSPS) is 20.4. The SMILES string of the molecule is CC(C)N(C(C)Cc1ccc2c(c1)OCCO2)C(C1CCNCC1)S(C)(=O)=O. The highest BCUT2D eigenvalue weighted by Crippen LogP contribution is 2.33. The summed E-state index contributed by atoms with van der Waals surface area (Å²) in [6.45, 7) is 9.25. The lowest BCUT2D eigenvalue weighted by Crippen LogP contribution is -2.55. The molecule has 0 spiro atoms. The van der Waals surface area contributed by atoms with Gasteiger partial charge in [0.05, 0.1) is 0 Å². The van der Waals surface area contributed by atoms with Crippen LogP contribution in [0, 0.1) is 5.92 Å². The summed E-state index contributed by atoms with van der Waals surface area (Å²) in [7, 11) is -3.21. The Bertz CT molecular complexity index is 760. The Balaban J connectivity index is 1.83. The van der Waals surface area contributed by atoms with Crippen LogP contribution in [0.3, 0.4) is 0 Å². The van der Waals surface area contributed by atoms with Crippen LogP contribution in [0.15, 0.2) is 18.2 Å². The minimum Gasteiger partial charge on any atom is -0.486 e. The topological polar surface area (TPSA) is 67.9 Å². The Morgan fingerprint density at radius 2 is 1.75 bits per heavy atom. The predicted octanol–water partition coefficient (Wildman–Crippen LogP) is 2.47. The Kier molecular flexibility index (Phi) is 6.89. The fourth-order valence-corrected chi connectivity index (χ4v) is 6.52. The zero-order chi connectivity index (χ0) is 20.3. The first-order valence-corrected chi connectivity index (χ1v) is 12.3. The highest BCUT2D eigenvalue weighted by molar-refractivity contribution is 7.91. The number of sulfone groups is 1. The lowest BCUT2D eigenvalue weighted by Gasteiger charge is -2.43. The molecule has 0 amide bonds. The van der Waals surface area contributed by atoms with Gasteiger partial charge in [0.1, 0.15) is 18.6 Å². The molecule has 0 aromatic heterocycles. The summed E-state index contributed by atoms with van der Waals surface area (Å²) in [5.74, 6) is 1.73. The van der Waals surface area contributed by atoms with E-state index < -0.39 is 15.2 Å². The monoisotopic (exact) mass is 410 g/mol. The van der Waals surface area contributed by atoms with Gasteiger partial charge in [-0.2, -0.15) is 0 Å². The largest absolute Gasteiger partial charge is 0.486 e. The molecule has 0 bridgehead atoms. The van der Waals surface area contributed by atoms with E-state index in [1.807, 2.05) is 12.1 Å². The fraction of sp³-hybridized carbons (Fsp3) is 0.714. The lowest BCUT2D eigenvalue weighted by molar-refractivity contribution is 0.0981. The van der Waals surface area contributed by atoms with E-state index in [2.05, 4.69) is 37.1 Å². The van der Waals surface area contributed by atoms with Gasteiger partial charge < -0.3 is 14.8 Å². The van der Waals surface area contributed by atoms with E-state index in [9.17, 15) is 8.42 Å². The van der Waals surface area contributed by atoms with E-state index in [-0.39, 0.29) is 18.0 Å². The third-order valence-corrected chi connectivity index (χ3v) is 7.27. The van der Waals surface area contributed by atoms with Crippen molar-refractivity contribution in [1.29, 1.82) is 0 Å². The summed E-state index contributed by atoms with van der Waals surface area (Å²) in [6.07, 6.45) is 3.97. The molecule has 1 saturated heterocycles. The molecule has 0 radical (unpaired) electrons. The molecule has 2 atom stereocenters. The van der Waals surface area contributed by atoms with E-state index in [1.165, 1.54) is 6.26 Å². The summed E-state index contributed by atoms with van der Waals surface area (Å²) in [4.78, 5) is 2.21. The first-order valence-electron chi connectivity index (χ1n) is 10.3. The second-order valence-corrected chi connectivity index (χ2v) is 10.5. The van der Waals surface area contributed by atoms with Gasteiger partial charge in [-0.1, -0.05) is 6.07 Å². The summed E-state index contributed by atoms with van der Waals surface area (Å²) < 4.78 is 37.0. The van der Waals surface area contributed by atoms with Gasteiger partial charge in [-0.25, -0.2) is 8.42 Å². The Morgan fingerprint density at radius 3 is 2.36 bits per heavy atom. The molecule has 6 nitrogen and oxygen atoms in total. The van der Waals surface area contributed by atoms with Gasteiger partial charge in [0.2, 0.25) is 0 Å². The first kappa shape index (κ1) is 21.4. The Hall–Kier alpha value is -1.31. The maximum Gasteiger partial charge on any atom is 0.163 e. The summed E-state index contributed by atoms with van der Waals surface area (Å²) in [5.41, 5.74) is 1.14. The van der Waals surface area contributed by atoms with Gasteiger partial charge in [0.25, 0.3) is 0 Å². The molecule has 2 unspecified atom stereocenters. The van der Waals surface area contributed by atoms with Crippen molar-refractivity contribution in [2.45, 2.75) is 57.5 Å². The number of hydrogen-bond acceptors (Lipinski definition) is 6. The molecular weight excluding hydrogens is 376 g/mol. The first-order chi connectivity index (χ1) is 13.3. The van der Waals surface area contributed by atoms with Crippen molar-refractivity contribution in [2.75, 3.05) is 32.6 Å². The minimum atomic E-state index is -3.21. The van der Waals surface area contributed by atoms with Crippen LogP contribution >= 0.6 is 0 Å². The highest BCUT2D eigenvalue weighted by atomic mass is 32.2. The minimum absolute atomic E-state index is 0.0946. The van der Waals surface area contributed by atoms with Crippen molar-refractivity contribution >= 4 is 9.84 Å². The molecule has 1 aromatic carbocycles. The number of ether oxygens (including phenoxy) is 2. The van der Waals surface area contributed by atoms with Crippen LogP contribution in [0.25, 0.3) is 0 Å². The van der Waals surface area contributed by atoms with Crippen LogP contribution in [-0.4, -0.2) is 63.3 Å².